The summed E-state index contributed by atoms with van der Waals surface area (Å²) in [7, 11) is 0. The quantitative estimate of drug-likeness (QED) is 0.652. The molecule has 0 aliphatic carbocycles. The summed E-state index contributed by atoms with van der Waals surface area (Å²) in [5, 5.41) is 3.33. The fourth-order valence-electron chi connectivity index (χ4n) is 1.49. The zero-order chi connectivity index (χ0) is 9.10. The number of pyridine rings is 1. The van der Waals surface area contributed by atoms with E-state index < -0.39 is 0 Å². The summed E-state index contributed by atoms with van der Waals surface area (Å²) >= 11 is 0. The van der Waals surface area contributed by atoms with Gasteiger partial charge in [0, 0.05) is 18.3 Å². The standard InChI is InChI=1S/C9H13N3O/c10-9-7(2-1-3-12-9)8-6-13-5-4-11-8/h1-3,8,11H,4-6H2,(H2,10,12). The van der Waals surface area contributed by atoms with Crippen molar-refractivity contribution in [1.29, 1.82) is 0 Å². The smallest absolute Gasteiger partial charge is 0.128 e. The Hall–Kier alpha value is -1.13. The van der Waals surface area contributed by atoms with Crippen molar-refractivity contribution in [2.45, 2.75) is 6.04 Å². The molecule has 13 heavy (non-hydrogen) atoms. The van der Waals surface area contributed by atoms with E-state index in [0.29, 0.717) is 12.4 Å². The SMILES string of the molecule is Nc1ncccc1C1COCCN1. The van der Waals surface area contributed by atoms with Crippen LogP contribution in [0.4, 0.5) is 5.82 Å². The van der Waals surface area contributed by atoms with Gasteiger partial charge in [-0.25, -0.2) is 4.98 Å². The number of aromatic nitrogens is 1. The van der Waals surface area contributed by atoms with Crippen molar-refractivity contribution < 1.29 is 4.74 Å². The van der Waals surface area contributed by atoms with Crippen molar-refractivity contribution in [3.05, 3.63) is 23.9 Å². The van der Waals surface area contributed by atoms with E-state index in [2.05, 4.69) is 10.3 Å². The van der Waals surface area contributed by atoms with Gasteiger partial charge in [0.15, 0.2) is 0 Å². The van der Waals surface area contributed by atoms with E-state index in [0.717, 1.165) is 18.7 Å². The second-order valence-corrected chi connectivity index (χ2v) is 3.06. The van der Waals surface area contributed by atoms with E-state index in [4.69, 9.17) is 10.5 Å². The summed E-state index contributed by atoms with van der Waals surface area (Å²) in [6.45, 7) is 2.32. The summed E-state index contributed by atoms with van der Waals surface area (Å²) in [6.07, 6.45) is 1.70. The first-order valence-corrected chi connectivity index (χ1v) is 4.39. The molecule has 1 saturated heterocycles. The lowest BCUT2D eigenvalue weighted by atomic mass is 10.1. The number of nitrogen functional groups attached to an aromatic ring is 1. The number of nitrogens with zero attached hydrogens (tertiary/aromatic N) is 1. The third-order valence-corrected chi connectivity index (χ3v) is 2.17. The van der Waals surface area contributed by atoms with Gasteiger partial charge in [0.2, 0.25) is 0 Å². The van der Waals surface area contributed by atoms with Gasteiger partial charge in [-0.3, -0.25) is 0 Å². The largest absolute Gasteiger partial charge is 0.383 e. The molecule has 4 nitrogen and oxygen atoms in total. The lowest BCUT2D eigenvalue weighted by Crippen LogP contribution is -2.35. The number of anilines is 1. The first kappa shape index (κ1) is 8.47. The van der Waals surface area contributed by atoms with Crippen molar-refractivity contribution >= 4 is 5.82 Å². The number of nitrogens with two attached hydrogens (primary N) is 1. The van der Waals surface area contributed by atoms with Crippen LogP contribution in [0.3, 0.4) is 0 Å². The van der Waals surface area contributed by atoms with Crippen LogP contribution in [-0.4, -0.2) is 24.7 Å². The van der Waals surface area contributed by atoms with Crippen LogP contribution in [0.2, 0.25) is 0 Å². The van der Waals surface area contributed by atoms with Crippen molar-refractivity contribution in [3.63, 3.8) is 0 Å². The molecule has 0 aromatic carbocycles. The molecule has 1 aliphatic rings. The molecule has 0 bridgehead atoms. The molecule has 1 aromatic rings. The molecular formula is C9H13N3O. The molecule has 0 amide bonds. The van der Waals surface area contributed by atoms with E-state index >= 15 is 0 Å². The van der Waals surface area contributed by atoms with Crippen LogP contribution in [-0.2, 0) is 4.74 Å². The fraction of sp³-hybridized carbons (Fsp3) is 0.444. The highest BCUT2D eigenvalue weighted by Crippen LogP contribution is 2.19. The zero-order valence-corrected chi connectivity index (χ0v) is 7.36. The first-order valence-electron chi connectivity index (χ1n) is 4.39. The van der Waals surface area contributed by atoms with Crippen molar-refractivity contribution in [2.24, 2.45) is 0 Å². The molecule has 2 rings (SSSR count). The Balaban J connectivity index is 2.18. The number of rotatable bonds is 1. The number of hydrogen-bond donors (Lipinski definition) is 2. The second-order valence-electron chi connectivity index (χ2n) is 3.06. The Morgan fingerprint density at radius 2 is 2.54 bits per heavy atom. The predicted molar refractivity (Wildman–Crippen MR) is 50.2 cm³/mol. The van der Waals surface area contributed by atoms with Crippen molar-refractivity contribution in [3.8, 4) is 0 Å². The summed E-state index contributed by atoms with van der Waals surface area (Å²) in [4.78, 5) is 4.04. The van der Waals surface area contributed by atoms with Crippen LogP contribution in [0.25, 0.3) is 0 Å². The third-order valence-electron chi connectivity index (χ3n) is 2.17. The van der Waals surface area contributed by atoms with E-state index in [9.17, 15) is 0 Å². The number of nitrogens with one attached hydrogen (secondary N) is 1. The monoisotopic (exact) mass is 179 g/mol. The average molecular weight is 179 g/mol. The molecule has 1 aromatic heterocycles. The molecule has 1 aliphatic heterocycles. The number of hydrogen-bond acceptors (Lipinski definition) is 4. The van der Waals surface area contributed by atoms with Gasteiger partial charge in [-0.1, -0.05) is 6.07 Å². The van der Waals surface area contributed by atoms with Crippen LogP contribution in [0, 0.1) is 0 Å². The van der Waals surface area contributed by atoms with E-state index in [1.54, 1.807) is 6.20 Å². The summed E-state index contributed by atoms with van der Waals surface area (Å²) in [5.41, 5.74) is 6.77. The number of ether oxygens (including phenoxy) is 1. The summed E-state index contributed by atoms with van der Waals surface area (Å²) in [6, 6.07) is 4.07. The van der Waals surface area contributed by atoms with Gasteiger partial charge in [-0.05, 0) is 6.07 Å². The summed E-state index contributed by atoms with van der Waals surface area (Å²) < 4.78 is 5.35. The van der Waals surface area contributed by atoms with Gasteiger partial charge >= 0.3 is 0 Å². The normalized spacial score (nSPS) is 22.9. The third kappa shape index (κ3) is 1.79. The molecule has 0 spiro atoms. The molecule has 0 saturated carbocycles. The van der Waals surface area contributed by atoms with Gasteiger partial charge in [0.05, 0.1) is 19.3 Å². The Morgan fingerprint density at radius 3 is 3.23 bits per heavy atom. The van der Waals surface area contributed by atoms with Gasteiger partial charge in [-0.2, -0.15) is 0 Å². The molecular weight excluding hydrogens is 166 g/mol. The minimum Gasteiger partial charge on any atom is -0.383 e. The van der Waals surface area contributed by atoms with Crippen LogP contribution in [0.15, 0.2) is 18.3 Å². The minimum atomic E-state index is 0.197. The lowest BCUT2D eigenvalue weighted by Gasteiger charge is -2.24. The van der Waals surface area contributed by atoms with Gasteiger partial charge in [0.25, 0.3) is 0 Å². The number of morpholine rings is 1. The fourth-order valence-corrected chi connectivity index (χ4v) is 1.49. The van der Waals surface area contributed by atoms with Crippen LogP contribution >= 0.6 is 0 Å². The maximum atomic E-state index is 5.74. The van der Waals surface area contributed by atoms with E-state index in [1.165, 1.54) is 0 Å². The minimum absolute atomic E-state index is 0.197. The average Bonchev–Trinajstić information content (AvgIpc) is 2.20. The molecule has 0 radical (unpaired) electrons. The lowest BCUT2D eigenvalue weighted by molar-refractivity contribution is 0.0770. The highest BCUT2D eigenvalue weighted by atomic mass is 16.5. The van der Waals surface area contributed by atoms with E-state index in [1.807, 2.05) is 12.1 Å². The molecule has 3 N–H and O–H groups in total. The van der Waals surface area contributed by atoms with E-state index in [-0.39, 0.29) is 6.04 Å². The Morgan fingerprint density at radius 1 is 1.62 bits per heavy atom. The Bertz CT molecular complexity index is 284. The van der Waals surface area contributed by atoms with Crippen molar-refractivity contribution in [2.75, 3.05) is 25.5 Å². The van der Waals surface area contributed by atoms with Gasteiger partial charge in [0.1, 0.15) is 5.82 Å². The topological polar surface area (TPSA) is 60.2 Å². The maximum absolute atomic E-state index is 5.74. The maximum Gasteiger partial charge on any atom is 0.128 e. The van der Waals surface area contributed by atoms with Crippen molar-refractivity contribution in [1.82, 2.24) is 10.3 Å². The molecule has 70 valence electrons. The summed E-state index contributed by atoms with van der Waals surface area (Å²) in [5.74, 6) is 0.588. The Kier molecular flexibility index (Phi) is 2.42. The first-order chi connectivity index (χ1) is 6.38. The zero-order valence-electron chi connectivity index (χ0n) is 7.36. The van der Waals surface area contributed by atoms with Crippen LogP contribution in [0.1, 0.15) is 11.6 Å². The molecule has 1 fully saturated rings. The highest BCUT2D eigenvalue weighted by molar-refractivity contribution is 5.40. The molecule has 1 atom stereocenters. The predicted octanol–water partition coefficient (Wildman–Crippen LogP) is 0.325. The van der Waals surface area contributed by atoms with Gasteiger partial charge in [-0.15, -0.1) is 0 Å². The molecule has 4 heteroatoms. The van der Waals surface area contributed by atoms with Gasteiger partial charge < -0.3 is 15.8 Å². The molecule has 1 unspecified atom stereocenters. The van der Waals surface area contributed by atoms with Crippen LogP contribution in [0.5, 0.6) is 0 Å². The Labute approximate surface area is 77.1 Å². The highest BCUT2D eigenvalue weighted by Gasteiger charge is 2.17. The molecule has 2 heterocycles. The van der Waals surface area contributed by atoms with Crippen LogP contribution < -0.4 is 11.1 Å². The second kappa shape index (κ2) is 3.72.